The molecule has 0 bridgehead atoms. The molecule has 0 saturated carbocycles. The summed E-state index contributed by atoms with van der Waals surface area (Å²) in [6, 6.07) is 5.70. The van der Waals surface area contributed by atoms with Crippen LogP contribution in [-0.4, -0.2) is 72.4 Å². The Labute approximate surface area is 118 Å². The molecule has 9 nitrogen and oxygen atoms in total. The number of phenols is 2. The topological polar surface area (TPSA) is 168 Å². The monoisotopic (exact) mass is 304 g/mol. The number of benzene rings is 1. The molecule has 0 radical (unpaired) electrons. The standard InChI is InChI=1S/C6H10O7.C6H6O2/c7-1-2(8)4(5(10)11)13-6(12)3(1)9;7-5-1-2-6(8)4-3-5/h1-4,6-9,12H,(H,10,11);1-4,7-8H/t1-,2+,3+,4-,6+;/m0./s1. The van der Waals surface area contributed by atoms with Crippen molar-refractivity contribution in [3.8, 4) is 11.5 Å². The van der Waals surface area contributed by atoms with E-state index in [2.05, 4.69) is 4.74 Å². The molecule has 1 saturated heterocycles. The van der Waals surface area contributed by atoms with Crippen molar-refractivity contribution in [2.45, 2.75) is 30.7 Å². The van der Waals surface area contributed by atoms with Gasteiger partial charge in [-0.3, -0.25) is 0 Å². The molecule has 1 heterocycles. The highest BCUT2D eigenvalue weighted by Gasteiger charge is 2.46. The Bertz CT molecular complexity index is 439. The van der Waals surface area contributed by atoms with Gasteiger partial charge < -0.3 is 40.5 Å². The molecule has 5 atom stereocenters. The Morgan fingerprint density at radius 2 is 1.29 bits per heavy atom. The molecular formula is C12H16O9. The molecule has 1 aromatic carbocycles. The van der Waals surface area contributed by atoms with Crippen LogP contribution >= 0.6 is 0 Å². The van der Waals surface area contributed by atoms with Crippen molar-refractivity contribution in [3.63, 3.8) is 0 Å². The Kier molecular flexibility index (Phi) is 5.88. The van der Waals surface area contributed by atoms with E-state index >= 15 is 0 Å². The number of hydrogen-bond donors (Lipinski definition) is 7. The SMILES string of the molecule is O=C(O)[C@H]1O[C@@H](O)[C@H](O)[C@@H](O)[C@H]1O.Oc1ccc(O)cc1. The second-order valence-corrected chi connectivity index (χ2v) is 4.27. The second kappa shape index (κ2) is 7.20. The van der Waals surface area contributed by atoms with Crippen LogP contribution in [0.15, 0.2) is 24.3 Å². The fourth-order valence-corrected chi connectivity index (χ4v) is 1.52. The highest BCUT2D eigenvalue weighted by atomic mass is 16.6. The summed E-state index contributed by atoms with van der Waals surface area (Å²) in [4.78, 5) is 10.4. The number of aliphatic hydroxyl groups excluding tert-OH is 4. The fraction of sp³-hybridized carbons (Fsp3) is 0.417. The number of carboxylic acids is 1. The number of aliphatic carboxylic acids is 1. The Balaban J connectivity index is 0.000000235. The van der Waals surface area contributed by atoms with Crippen LogP contribution in [-0.2, 0) is 9.53 Å². The van der Waals surface area contributed by atoms with E-state index in [1.165, 1.54) is 24.3 Å². The number of phenolic OH excluding ortho intramolecular Hbond substituents is 2. The minimum atomic E-state index is -1.81. The normalized spacial score (nSPS) is 31.9. The van der Waals surface area contributed by atoms with Crippen molar-refractivity contribution < 1.29 is 45.3 Å². The van der Waals surface area contributed by atoms with Crippen molar-refractivity contribution in [2.24, 2.45) is 0 Å². The third-order valence-electron chi connectivity index (χ3n) is 2.68. The van der Waals surface area contributed by atoms with E-state index in [1.54, 1.807) is 0 Å². The summed E-state index contributed by atoms with van der Waals surface area (Å²) >= 11 is 0. The quantitative estimate of drug-likeness (QED) is 0.289. The molecular weight excluding hydrogens is 288 g/mol. The van der Waals surface area contributed by atoms with E-state index in [4.69, 9.17) is 35.7 Å². The molecule has 9 heteroatoms. The van der Waals surface area contributed by atoms with Crippen LogP contribution in [0, 0.1) is 0 Å². The Hall–Kier alpha value is -1.91. The first-order valence-corrected chi connectivity index (χ1v) is 5.82. The van der Waals surface area contributed by atoms with E-state index in [0.717, 1.165) is 0 Å². The van der Waals surface area contributed by atoms with E-state index in [1.807, 2.05) is 0 Å². The lowest BCUT2D eigenvalue weighted by Crippen LogP contribution is -2.59. The van der Waals surface area contributed by atoms with Crippen LogP contribution in [0.5, 0.6) is 11.5 Å². The van der Waals surface area contributed by atoms with Crippen LogP contribution in [0.25, 0.3) is 0 Å². The first-order valence-electron chi connectivity index (χ1n) is 5.82. The van der Waals surface area contributed by atoms with Gasteiger partial charge in [0.15, 0.2) is 12.4 Å². The molecule has 1 aliphatic heterocycles. The molecule has 0 unspecified atom stereocenters. The second-order valence-electron chi connectivity index (χ2n) is 4.27. The van der Waals surface area contributed by atoms with Crippen molar-refractivity contribution in [1.82, 2.24) is 0 Å². The first-order chi connectivity index (χ1) is 9.73. The van der Waals surface area contributed by atoms with Gasteiger partial charge in [0.25, 0.3) is 0 Å². The zero-order valence-corrected chi connectivity index (χ0v) is 10.6. The van der Waals surface area contributed by atoms with Crippen LogP contribution < -0.4 is 0 Å². The molecule has 1 aliphatic rings. The number of hydrogen-bond acceptors (Lipinski definition) is 8. The average molecular weight is 304 g/mol. The van der Waals surface area contributed by atoms with Gasteiger partial charge >= 0.3 is 5.97 Å². The highest BCUT2D eigenvalue weighted by molar-refractivity contribution is 5.73. The predicted molar refractivity (Wildman–Crippen MR) is 66.3 cm³/mol. The summed E-state index contributed by atoms with van der Waals surface area (Å²) in [5.74, 6) is -1.18. The molecule has 2 rings (SSSR count). The van der Waals surface area contributed by atoms with Crippen LogP contribution in [0.4, 0.5) is 0 Å². The third-order valence-corrected chi connectivity index (χ3v) is 2.68. The van der Waals surface area contributed by atoms with E-state index in [9.17, 15) is 4.79 Å². The van der Waals surface area contributed by atoms with Crippen molar-refractivity contribution in [2.75, 3.05) is 0 Å². The maximum atomic E-state index is 10.4. The van der Waals surface area contributed by atoms with Gasteiger partial charge in [-0.2, -0.15) is 0 Å². The van der Waals surface area contributed by atoms with Gasteiger partial charge in [-0.1, -0.05) is 0 Å². The molecule has 1 aromatic rings. The fourth-order valence-electron chi connectivity index (χ4n) is 1.52. The average Bonchev–Trinajstić information content (AvgIpc) is 2.44. The number of ether oxygens (including phenoxy) is 1. The molecule has 0 amide bonds. The lowest BCUT2D eigenvalue weighted by atomic mass is 9.99. The summed E-state index contributed by atoms with van der Waals surface area (Å²) in [6.45, 7) is 0. The largest absolute Gasteiger partial charge is 0.508 e. The first kappa shape index (κ1) is 17.1. The van der Waals surface area contributed by atoms with Crippen LogP contribution in [0.3, 0.4) is 0 Å². The number of carbonyl (C=O) groups is 1. The van der Waals surface area contributed by atoms with Crippen LogP contribution in [0.2, 0.25) is 0 Å². The molecule has 0 spiro atoms. The van der Waals surface area contributed by atoms with Crippen molar-refractivity contribution in [3.05, 3.63) is 24.3 Å². The van der Waals surface area contributed by atoms with Gasteiger partial charge in [-0.15, -0.1) is 0 Å². The molecule has 0 aliphatic carbocycles. The van der Waals surface area contributed by atoms with Crippen LogP contribution in [0.1, 0.15) is 0 Å². The summed E-state index contributed by atoms with van der Waals surface area (Å²) in [6.07, 6.45) is -8.72. The number of carboxylic acid groups (broad SMARTS) is 1. The van der Waals surface area contributed by atoms with Gasteiger partial charge in [-0.25, -0.2) is 4.79 Å². The maximum absolute atomic E-state index is 10.4. The minimum Gasteiger partial charge on any atom is -0.508 e. The van der Waals surface area contributed by atoms with Gasteiger partial charge in [0.05, 0.1) is 0 Å². The molecule has 118 valence electrons. The summed E-state index contributed by atoms with van der Waals surface area (Å²) in [5.41, 5.74) is 0. The lowest BCUT2D eigenvalue weighted by molar-refractivity contribution is -0.279. The number of rotatable bonds is 1. The zero-order chi connectivity index (χ0) is 16.2. The number of aromatic hydroxyl groups is 2. The van der Waals surface area contributed by atoms with Gasteiger partial charge in [0, 0.05) is 0 Å². The third kappa shape index (κ3) is 4.55. The van der Waals surface area contributed by atoms with Gasteiger partial charge in [0.2, 0.25) is 0 Å². The Morgan fingerprint density at radius 3 is 1.67 bits per heavy atom. The van der Waals surface area contributed by atoms with E-state index in [0.29, 0.717) is 0 Å². The molecule has 1 fully saturated rings. The summed E-state index contributed by atoms with van der Waals surface area (Å²) in [7, 11) is 0. The maximum Gasteiger partial charge on any atom is 0.335 e. The summed E-state index contributed by atoms with van der Waals surface area (Å²) in [5, 5.41) is 61.7. The molecule has 0 aromatic heterocycles. The van der Waals surface area contributed by atoms with Gasteiger partial charge in [-0.05, 0) is 24.3 Å². The lowest BCUT2D eigenvalue weighted by Gasteiger charge is -2.36. The molecule has 7 N–H and O–H groups in total. The van der Waals surface area contributed by atoms with E-state index in [-0.39, 0.29) is 11.5 Å². The molecule has 21 heavy (non-hydrogen) atoms. The minimum absolute atomic E-state index is 0.169. The highest BCUT2D eigenvalue weighted by Crippen LogP contribution is 2.19. The number of aliphatic hydroxyl groups is 4. The Morgan fingerprint density at radius 1 is 0.857 bits per heavy atom. The predicted octanol–water partition coefficient (Wildman–Crippen LogP) is -2.03. The van der Waals surface area contributed by atoms with Gasteiger partial charge in [0.1, 0.15) is 29.8 Å². The zero-order valence-electron chi connectivity index (χ0n) is 10.6. The smallest absolute Gasteiger partial charge is 0.335 e. The van der Waals surface area contributed by atoms with Crippen molar-refractivity contribution in [1.29, 1.82) is 0 Å². The van der Waals surface area contributed by atoms with Crippen molar-refractivity contribution >= 4 is 5.97 Å². The summed E-state index contributed by atoms with van der Waals surface area (Å²) < 4.78 is 4.34. The van der Waals surface area contributed by atoms with E-state index < -0.39 is 36.7 Å².